The number of ether oxygens (including phenoxy) is 1. The summed E-state index contributed by atoms with van der Waals surface area (Å²) in [5, 5.41) is 6.91. The molecular weight excluding hydrogens is 417 g/mol. The van der Waals surface area contributed by atoms with Gasteiger partial charge in [0.05, 0.1) is 12.5 Å². The fourth-order valence-electron chi connectivity index (χ4n) is 1.65. The predicted molar refractivity (Wildman–Crippen MR) is 101 cm³/mol. The van der Waals surface area contributed by atoms with E-state index in [-0.39, 0.29) is 36.0 Å². The average molecular weight is 440 g/mol. The molecule has 0 aromatic heterocycles. The van der Waals surface area contributed by atoms with Crippen molar-refractivity contribution in [3.8, 4) is 0 Å². The molecule has 0 aliphatic carbocycles. The second-order valence-electron chi connectivity index (χ2n) is 4.73. The minimum absolute atomic E-state index is 0. The van der Waals surface area contributed by atoms with Crippen LogP contribution in [0.2, 0.25) is 5.02 Å². The molecule has 0 aliphatic rings. The maximum absolute atomic E-state index is 11.4. The Bertz CT molecular complexity index is 495. The number of esters is 1. The summed E-state index contributed by atoms with van der Waals surface area (Å²) in [4.78, 5) is 15.5. The number of rotatable bonds is 6. The van der Waals surface area contributed by atoms with Crippen molar-refractivity contribution in [2.75, 3.05) is 13.6 Å². The van der Waals surface area contributed by atoms with Crippen molar-refractivity contribution in [2.45, 2.75) is 32.9 Å². The summed E-state index contributed by atoms with van der Waals surface area (Å²) in [6.07, 6.45) is 0.209. The first-order chi connectivity index (χ1) is 10.0. The molecule has 1 aromatic carbocycles. The van der Waals surface area contributed by atoms with Gasteiger partial charge in [-0.05, 0) is 25.5 Å². The van der Waals surface area contributed by atoms with Gasteiger partial charge in [-0.15, -0.1) is 24.0 Å². The highest BCUT2D eigenvalue weighted by Crippen LogP contribution is 2.14. The first-order valence-electron chi connectivity index (χ1n) is 6.90. The Morgan fingerprint density at radius 3 is 2.59 bits per heavy atom. The Balaban J connectivity index is 0.00000441. The summed E-state index contributed by atoms with van der Waals surface area (Å²) in [6, 6.07) is 7.61. The second kappa shape index (κ2) is 11.5. The normalized spacial score (nSPS) is 10.9. The first kappa shape index (κ1) is 21.0. The van der Waals surface area contributed by atoms with Crippen molar-refractivity contribution in [3.63, 3.8) is 0 Å². The average Bonchev–Trinajstić information content (AvgIpc) is 2.43. The van der Waals surface area contributed by atoms with Gasteiger partial charge in [0.15, 0.2) is 5.96 Å². The summed E-state index contributed by atoms with van der Waals surface area (Å²) in [5.41, 5.74) is 0.987. The summed E-state index contributed by atoms with van der Waals surface area (Å²) < 4.78 is 5.05. The molecule has 0 bridgehead atoms. The van der Waals surface area contributed by atoms with E-state index in [2.05, 4.69) is 15.6 Å². The lowest BCUT2D eigenvalue weighted by Gasteiger charge is -2.13. The quantitative estimate of drug-likeness (QED) is 0.310. The molecule has 1 aromatic rings. The fourth-order valence-corrected chi connectivity index (χ4v) is 1.85. The second-order valence-corrected chi connectivity index (χ2v) is 5.14. The molecule has 2 N–H and O–H groups in total. The third kappa shape index (κ3) is 8.43. The zero-order chi connectivity index (χ0) is 15.7. The highest BCUT2D eigenvalue weighted by Gasteiger charge is 2.06. The number of benzene rings is 1. The van der Waals surface area contributed by atoms with E-state index in [1.165, 1.54) is 0 Å². The number of nitrogens with one attached hydrogen (secondary N) is 2. The molecule has 0 fully saturated rings. The van der Waals surface area contributed by atoms with Crippen LogP contribution in [0, 0.1) is 0 Å². The third-order valence-electron chi connectivity index (χ3n) is 2.62. The molecule has 124 valence electrons. The lowest BCUT2D eigenvalue weighted by molar-refractivity contribution is -0.147. The monoisotopic (exact) mass is 439 g/mol. The number of hydrogen-bond donors (Lipinski definition) is 2. The SMILES string of the molecule is CN=C(NCCC(=O)OC(C)C)NCc1ccccc1Cl.I. The van der Waals surface area contributed by atoms with Crippen molar-refractivity contribution >= 4 is 47.5 Å². The van der Waals surface area contributed by atoms with Gasteiger partial charge in [0.2, 0.25) is 0 Å². The Hall–Kier alpha value is -1.02. The van der Waals surface area contributed by atoms with Crippen LogP contribution < -0.4 is 10.6 Å². The maximum atomic E-state index is 11.4. The molecule has 0 saturated carbocycles. The number of carbonyl (C=O) groups excluding carboxylic acids is 1. The van der Waals surface area contributed by atoms with Crippen molar-refractivity contribution < 1.29 is 9.53 Å². The number of nitrogens with zero attached hydrogens (tertiary/aromatic N) is 1. The zero-order valence-electron chi connectivity index (χ0n) is 13.1. The molecule has 0 radical (unpaired) electrons. The van der Waals surface area contributed by atoms with E-state index < -0.39 is 0 Å². The van der Waals surface area contributed by atoms with Gasteiger partial charge in [0, 0.05) is 25.2 Å². The predicted octanol–water partition coefficient (Wildman–Crippen LogP) is 2.96. The van der Waals surface area contributed by atoms with Gasteiger partial charge in [0.1, 0.15) is 0 Å². The summed E-state index contributed by atoms with van der Waals surface area (Å²) in [5.74, 6) is 0.395. The van der Waals surface area contributed by atoms with Crippen LogP contribution in [-0.2, 0) is 16.1 Å². The van der Waals surface area contributed by atoms with E-state index >= 15 is 0 Å². The van der Waals surface area contributed by atoms with Gasteiger partial charge in [-0.2, -0.15) is 0 Å². The van der Waals surface area contributed by atoms with Crippen molar-refractivity contribution in [3.05, 3.63) is 34.9 Å². The molecule has 0 spiro atoms. The van der Waals surface area contributed by atoms with Gasteiger partial charge in [-0.25, -0.2) is 0 Å². The molecule has 0 amide bonds. The Labute approximate surface area is 153 Å². The fraction of sp³-hybridized carbons (Fsp3) is 0.467. The maximum Gasteiger partial charge on any atom is 0.307 e. The van der Waals surface area contributed by atoms with E-state index in [9.17, 15) is 4.79 Å². The molecule has 0 saturated heterocycles. The van der Waals surface area contributed by atoms with E-state index in [0.29, 0.717) is 30.5 Å². The number of halogens is 2. The van der Waals surface area contributed by atoms with Crippen molar-refractivity contribution in [1.29, 1.82) is 0 Å². The van der Waals surface area contributed by atoms with Gasteiger partial charge in [-0.1, -0.05) is 29.8 Å². The molecule has 0 aliphatic heterocycles. The molecule has 0 unspecified atom stereocenters. The molecule has 7 heteroatoms. The molecule has 22 heavy (non-hydrogen) atoms. The highest BCUT2D eigenvalue weighted by molar-refractivity contribution is 14.0. The Morgan fingerprint density at radius 1 is 1.32 bits per heavy atom. The van der Waals surface area contributed by atoms with Crippen LogP contribution in [0.3, 0.4) is 0 Å². The topological polar surface area (TPSA) is 62.7 Å². The summed E-state index contributed by atoms with van der Waals surface area (Å²) >= 11 is 6.08. The molecule has 5 nitrogen and oxygen atoms in total. The van der Waals surface area contributed by atoms with Gasteiger partial charge >= 0.3 is 5.97 Å². The molecular formula is C15H23ClIN3O2. The van der Waals surface area contributed by atoms with Crippen LogP contribution >= 0.6 is 35.6 Å². The molecule has 0 heterocycles. The summed E-state index contributed by atoms with van der Waals surface area (Å²) in [6.45, 7) is 4.69. The van der Waals surface area contributed by atoms with E-state index in [4.69, 9.17) is 16.3 Å². The first-order valence-corrected chi connectivity index (χ1v) is 7.28. The number of carbonyl (C=O) groups is 1. The highest BCUT2D eigenvalue weighted by atomic mass is 127. The minimum Gasteiger partial charge on any atom is -0.463 e. The van der Waals surface area contributed by atoms with E-state index in [1.54, 1.807) is 7.05 Å². The number of aliphatic imine (C=N–C) groups is 1. The van der Waals surface area contributed by atoms with Gasteiger partial charge in [0.25, 0.3) is 0 Å². The summed E-state index contributed by atoms with van der Waals surface area (Å²) in [7, 11) is 1.67. The van der Waals surface area contributed by atoms with Crippen LogP contribution in [0.5, 0.6) is 0 Å². The minimum atomic E-state index is -0.223. The van der Waals surface area contributed by atoms with Crippen LogP contribution in [0.15, 0.2) is 29.3 Å². The van der Waals surface area contributed by atoms with Gasteiger partial charge < -0.3 is 15.4 Å². The number of guanidine groups is 1. The van der Waals surface area contributed by atoms with Crippen molar-refractivity contribution in [1.82, 2.24) is 10.6 Å². The van der Waals surface area contributed by atoms with Crippen molar-refractivity contribution in [2.24, 2.45) is 4.99 Å². The molecule has 1 rings (SSSR count). The number of hydrogen-bond acceptors (Lipinski definition) is 3. The standard InChI is InChI=1S/C15H22ClN3O2.HI/c1-11(2)21-14(20)8-9-18-15(17-3)19-10-12-6-4-5-7-13(12)16;/h4-7,11H,8-10H2,1-3H3,(H2,17,18,19);1H. The van der Waals surface area contributed by atoms with Crippen LogP contribution in [0.25, 0.3) is 0 Å². The van der Waals surface area contributed by atoms with Crippen LogP contribution in [0.1, 0.15) is 25.8 Å². The largest absolute Gasteiger partial charge is 0.463 e. The smallest absolute Gasteiger partial charge is 0.307 e. The lowest BCUT2D eigenvalue weighted by Crippen LogP contribution is -2.38. The lowest BCUT2D eigenvalue weighted by atomic mass is 10.2. The third-order valence-corrected chi connectivity index (χ3v) is 2.99. The molecule has 0 atom stereocenters. The van der Waals surface area contributed by atoms with E-state index in [1.807, 2.05) is 38.1 Å². The Kier molecular flexibility index (Phi) is 11.0. The van der Waals surface area contributed by atoms with Crippen LogP contribution in [0.4, 0.5) is 0 Å². The van der Waals surface area contributed by atoms with E-state index in [0.717, 1.165) is 5.56 Å². The zero-order valence-corrected chi connectivity index (χ0v) is 16.1. The van der Waals surface area contributed by atoms with Crippen LogP contribution in [-0.4, -0.2) is 31.6 Å². The Morgan fingerprint density at radius 2 is 2.00 bits per heavy atom. The van der Waals surface area contributed by atoms with Gasteiger partial charge in [-0.3, -0.25) is 9.79 Å².